The molecule has 0 heterocycles. The maximum atomic E-state index is 10.8. The van der Waals surface area contributed by atoms with Gasteiger partial charge < -0.3 is 15.3 Å². The molecular formula is C13H20O3. The molecule has 2 fully saturated rings. The Hall–Kier alpha value is -0.380. The van der Waals surface area contributed by atoms with Gasteiger partial charge in [-0.2, -0.15) is 0 Å². The fourth-order valence-electron chi connectivity index (χ4n) is 4.04. The highest BCUT2D eigenvalue weighted by Gasteiger charge is 2.62. The van der Waals surface area contributed by atoms with Crippen molar-refractivity contribution in [3.8, 4) is 0 Å². The second-order valence-electron chi connectivity index (χ2n) is 6.02. The Morgan fingerprint density at radius 3 is 2.69 bits per heavy atom. The zero-order valence-corrected chi connectivity index (χ0v) is 9.69. The van der Waals surface area contributed by atoms with Crippen LogP contribution in [0.4, 0.5) is 0 Å². The SMILES string of the molecule is C[C@]12CC[C@H](O)C[C@]1(O)[C@@H](O)C=C1CCC12. The summed E-state index contributed by atoms with van der Waals surface area (Å²) in [5.74, 6) is 0.424. The van der Waals surface area contributed by atoms with E-state index in [4.69, 9.17) is 0 Å². The molecule has 2 saturated carbocycles. The molecule has 0 amide bonds. The molecule has 3 aliphatic carbocycles. The Balaban J connectivity index is 2.05. The van der Waals surface area contributed by atoms with Gasteiger partial charge in [-0.05, 0) is 31.6 Å². The highest BCUT2D eigenvalue weighted by molar-refractivity contribution is 5.31. The summed E-state index contributed by atoms with van der Waals surface area (Å²) >= 11 is 0. The van der Waals surface area contributed by atoms with Gasteiger partial charge in [0, 0.05) is 11.8 Å². The third-order valence-electron chi connectivity index (χ3n) is 5.33. The van der Waals surface area contributed by atoms with Crippen LogP contribution in [0.3, 0.4) is 0 Å². The molecule has 3 aliphatic rings. The number of hydrogen-bond acceptors (Lipinski definition) is 3. The first kappa shape index (κ1) is 10.8. The van der Waals surface area contributed by atoms with Gasteiger partial charge in [-0.3, -0.25) is 0 Å². The van der Waals surface area contributed by atoms with Gasteiger partial charge >= 0.3 is 0 Å². The highest BCUT2D eigenvalue weighted by Crippen LogP contribution is 2.61. The van der Waals surface area contributed by atoms with Gasteiger partial charge in [0.05, 0.1) is 6.10 Å². The van der Waals surface area contributed by atoms with E-state index in [1.54, 1.807) is 0 Å². The molecule has 0 bridgehead atoms. The molecule has 0 aromatic rings. The standard InChI is InChI=1S/C13H20O3/c1-12-5-4-9(14)7-13(12,16)11(15)6-8-2-3-10(8)12/h6,9-11,14-16H,2-5,7H2,1H3/t9-,10?,11-,12+,13-/m0/s1. The topological polar surface area (TPSA) is 60.7 Å². The van der Waals surface area contributed by atoms with Crippen LogP contribution in [-0.4, -0.2) is 33.1 Å². The van der Waals surface area contributed by atoms with E-state index in [-0.39, 0.29) is 5.41 Å². The third kappa shape index (κ3) is 1.09. The van der Waals surface area contributed by atoms with Crippen molar-refractivity contribution in [2.75, 3.05) is 0 Å². The molecule has 3 heteroatoms. The largest absolute Gasteiger partial charge is 0.393 e. The molecule has 0 spiro atoms. The molecule has 90 valence electrons. The number of allylic oxidation sites excluding steroid dienone is 1. The Labute approximate surface area is 95.8 Å². The van der Waals surface area contributed by atoms with E-state index in [0.717, 1.165) is 25.7 Å². The number of aliphatic hydroxyl groups is 3. The molecular weight excluding hydrogens is 204 g/mol. The van der Waals surface area contributed by atoms with E-state index < -0.39 is 17.8 Å². The van der Waals surface area contributed by atoms with Crippen molar-refractivity contribution in [1.29, 1.82) is 0 Å². The van der Waals surface area contributed by atoms with E-state index in [1.807, 2.05) is 6.08 Å². The zero-order chi connectivity index (χ0) is 11.6. The van der Waals surface area contributed by atoms with Crippen molar-refractivity contribution < 1.29 is 15.3 Å². The minimum Gasteiger partial charge on any atom is -0.393 e. The monoisotopic (exact) mass is 224 g/mol. The molecule has 3 nitrogen and oxygen atoms in total. The van der Waals surface area contributed by atoms with Gasteiger partial charge in [-0.15, -0.1) is 0 Å². The summed E-state index contributed by atoms with van der Waals surface area (Å²) in [4.78, 5) is 0. The minimum atomic E-state index is -1.13. The van der Waals surface area contributed by atoms with E-state index in [2.05, 4.69) is 6.92 Å². The quantitative estimate of drug-likeness (QED) is 0.537. The third-order valence-corrected chi connectivity index (χ3v) is 5.33. The average Bonchev–Trinajstić information content (AvgIpc) is 2.17. The van der Waals surface area contributed by atoms with Crippen LogP contribution in [0, 0.1) is 11.3 Å². The molecule has 0 aliphatic heterocycles. The zero-order valence-electron chi connectivity index (χ0n) is 9.69. The number of fused-ring (bicyclic) bond motifs is 3. The van der Waals surface area contributed by atoms with Crippen LogP contribution in [-0.2, 0) is 0 Å². The van der Waals surface area contributed by atoms with Crippen LogP contribution >= 0.6 is 0 Å². The van der Waals surface area contributed by atoms with Crippen LogP contribution < -0.4 is 0 Å². The maximum Gasteiger partial charge on any atom is 0.102 e. The first-order valence-electron chi connectivity index (χ1n) is 6.26. The van der Waals surface area contributed by atoms with E-state index in [1.165, 1.54) is 5.57 Å². The molecule has 0 saturated heterocycles. The van der Waals surface area contributed by atoms with Gasteiger partial charge in [0.15, 0.2) is 0 Å². The van der Waals surface area contributed by atoms with Crippen molar-refractivity contribution in [1.82, 2.24) is 0 Å². The smallest absolute Gasteiger partial charge is 0.102 e. The highest BCUT2D eigenvalue weighted by atomic mass is 16.3. The molecule has 3 N–H and O–H groups in total. The summed E-state index contributed by atoms with van der Waals surface area (Å²) < 4.78 is 0. The molecule has 0 aromatic carbocycles. The van der Waals surface area contributed by atoms with Crippen molar-refractivity contribution >= 4 is 0 Å². The minimum absolute atomic E-state index is 0.242. The summed E-state index contributed by atoms with van der Waals surface area (Å²) in [6.07, 6.45) is 4.60. The van der Waals surface area contributed by atoms with Crippen LogP contribution in [0.15, 0.2) is 11.6 Å². The van der Waals surface area contributed by atoms with Crippen LogP contribution in [0.25, 0.3) is 0 Å². The van der Waals surface area contributed by atoms with Crippen molar-refractivity contribution in [3.63, 3.8) is 0 Å². The van der Waals surface area contributed by atoms with Gasteiger partial charge in [0.2, 0.25) is 0 Å². The van der Waals surface area contributed by atoms with E-state index in [9.17, 15) is 15.3 Å². The lowest BCUT2D eigenvalue weighted by atomic mass is 9.47. The van der Waals surface area contributed by atoms with E-state index in [0.29, 0.717) is 12.3 Å². The lowest BCUT2D eigenvalue weighted by molar-refractivity contribution is -0.210. The molecule has 5 atom stereocenters. The fraction of sp³-hybridized carbons (Fsp3) is 0.846. The van der Waals surface area contributed by atoms with Gasteiger partial charge in [0.1, 0.15) is 11.7 Å². The van der Waals surface area contributed by atoms with Crippen molar-refractivity contribution in [3.05, 3.63) is 11.6 Å². The second kappa shape index (κ2) is 3.09. The maximum absolute atomic E-state index is 10.8. The Kier molecular flexibility index (Phi) is 2.08. The molecule has 16 heavy (non-hydrogen) atoms. The summed E-state index contributed by atoms with van der Waals surface area (Å²) in [5, 5.41) is 30.6. The number of rotatable bonds is 0. The Bertz CT molecular complexity index is 351. The average molecular weight is 224 g/mol. The Morgan fingerprint density at radius 2 is 2.06 bits per heavy atom. The molecule has 0 aromatic heterocycles. The normalized spacial score (nSPS) is 55.8. The van der Waals surface area contributed by atoms with Crippen molar-refractivity contribution in [2.45, 2.75) is 56.8 Å². The van der Waals surface area contributed by atoms with Gasteiger partial charge in [-0.1, -0.05) is 18.6 Å². The molecule has 1 unspecified atom stereocenters. The van der Waals surface area contributed by atoms with Crippen molar-refractivity contribution in [2.24, 2.45) is 11.3 Å². The van der Waals surface area contributed by atoms with Crippen LogP contribution in [0.5, 0.6) is 0 Å². The first-order valence-corrected chi connectivity index (χ1v) is 6.26. The predicted octanol–water partition coefficient (Wildman–Crippen LogP) is 0.980. The molecule has 0 radical (unpaired) electrons. The summed E-state index contributed by atoms with van der Waals surface area (Å²) in [5.41, 5.74) is -0.0520. The second-order valence-corrected chi connectivity index (χ2v) is 6.02. The fourth-order valence-corrected chi connectivity index (χ4v) is 4.04. The van der Waals surface area contributed by atoms with Gasteiger partial charge in [-0.25, -0.2) is 0 Å². The van der Waals surface area contributed by atoms with Crippen LogP contribution in [0.1, 0.15) is 39.0 Å². The predicted molar refractivity (Wildman–Crippen MR) is 59.7 cm³/mol. The summed E-state index contributed by atoms with van der Waals surface area (Å²) in [7, 11) is 0. The van der Waals surface area contributed by atoms with E-state index >= 15 is 0 Å². The summed E-state index contributed by atoms with van der Waals surface area (Å²) in [6, 6.07) is 0. The summed E-state index contributed by atoms with van der Waals surface area (Å²) in [6.45, 7) is 2.08. The number of aliphatic hydroxyl groups excluding tert-OH is 2. The van der Waals surface area contributed by atoms with Crippen LogP contribution in [0.2, 0.25) is 0 Å². The number of hydrogen-bond donors (Lipinski definition) is 3. The molecule has 3 rings (SSSR count). The lowest BCUT2D eigenvalue weighted by Gasteiger charge is -2.61. The Morgan fingerprint density at radius 1 is 1.31 bits per heavy atom. The van der Waals surface area contributed by atoms with Gasteiger partial charge in [0.25, 0.3) is 0 Å². The lowest BCUT2D eigenvalue weighted by Crippen LogP contribution is -2.65. The first-order chi connectivity index (χ1) is 7.47.